The van der Waals surface area contributed by atoms with Crippen LogP contribution < -0.4 is 20.1 Å². The second-order valence-corrected chi connectivity index (χ2v) is 6.09. The molecule has 20 heavy (non-hydrogen) atoms. The molecule has 2 aliphatic heterocycles. The second-order valence-electron chi connectivity index (χ2n) is 5.68. The number of ether oxygens (including phenoxy) is 2. The third-order valence-electron chi connectivity index (χ3n) is 4.50. The fourth-order valence-corrected chi connectivity index (χ4v) is 3.89. The third-order valence-corrected chi connectivity index (χ3v) is 4.80. The van der Waals surface area contributed by atoms with Crippen LogP contribution in [-0.4, -0.2) is 32.3 Å². The molecule has 0 spiro atoms. The number of fused-ring (bicyclic) bond motifs is 2. The zero-order chi connectivity index (χ0) is 14.3. The highest BCUT2D eigenvalue weighted by Crippen LogP contribution is 2.45. The molecule has 0 amide bonds. The van der Waals surface area contributed by atoms with Gasteiger partial charge in [-0.3, -0.25) is 0 Å². The van der Waals surface area contributed by atoms with Gasteiger partial charge in [0.25, 0.3) is 0 Å². The van der Waals surface area contributed by atoms with Crippen LogP contribution in [0.3, 0.4) is 0 Å². The number of hydrogen-bond acceptors (Lipinski definition) is 4. The Hall–Kier alpha value is -1.13. The van der Waals surface area contributed by atoms with Gasteiger partial charge in [0.05, 0.1) is 24.9 Å². The van der Waals surface area contributed by atoms with Gasteiger partial charge in [-0.1, -0.05) is 11.6 Å². The quantitative estimate of drug-likeness (QED) is 0.932. The lowest BCUT2D eigenvalue weighted by Crippen LogP contribution is -2.47. The van der Waals surface area contributed by atoms with Crippen LogP contribution in [0, 0.1) is 0 Å². The van der Waals surface area contributed by atoms with Crippen LogP contribution in [0.4, 0.5) is 5.69 Å². The fourth-order valence-electron chi connectivity index (χ4n) is 3.66. The zero-order valence-corrected chi connectivity index (χ0v) is 12.7. The minimum absolute atomic E-state index is 0.323. The van der Waals surface area contributed by atoms with Crippen molar-refractivity contribution < 1.29 is 9.47 Å². The Labute approximate surface area is 124 Å². The smallest absolute Gasteiger partial charge is 0.145 e. The van der Waals surface area contributed by atoms with Crippen molar-refractivity contribution in [3.63, 3.8) is 0 Å². The summed E-state index contributed by atoms with van der Waals surface area (Å²) in [6, 6.07) is 5.15. The van der Waals surface area contributed by atoms with E-state index in [0.717, 1.165) is 24.3 Å². The maximum Gasteiger partial charge on any atom is 0.145 e. The van der Waals surface area contributed by atoms with Gasteiger partial charge >= 0.3 is 0 Å². The lowest BCUT2D eigenvalue weighted by Gasteiger charge is -2.40. The summed E-state index contributed by atoms with van der Waals surface area (Å²) in [4.78, 5) is 2.45. The summed E-state index contributed by atoms with van der Waals surface area (Å²) in [5.74, 6) is 1.46. The van der Waals surface area contributed by atoms with Gasteiger partial charge in [-0.25, -0.2) is 0 Å². The van der Waals surface area contributed by atoms with Crippen molar-refractivity contribution in [3.8, 4) is 11.5 Å². The summed E-state index contributed by atoms with van der Waals surface area (Å²) in [6.07, 6.45) is 4.49. The van der Waals surface area contributed by atoms with Crippen LogP contribution >= 0.6 is 11.6 Å². The van der Waals surface area contributed by atoms with Gasteiger partial charge in [-0.2, -0.15) is 0 Å². The van der Waals surface area contributed by atoms with Crippen molar-refractivity contribution in [2.75, 3.05) is 19.1 Å². The Morgan fingerprint density at radius 2 is 1.70 bits per heavy atom. The van der Waals surface area contributed by atoms with E-state index in [1.807, 2.05) is 12.1 Å². The molecule has 2 bridgehead atoms. The first-order chi connectivity index (χ1) is 9.63. The molecule has 2 aliphatic rings. The van der Waals surface area contributed by atoms with E-state index in [4.69, 9.17) is 26.8 Å². The maximum atomic E-state index is 6.29. The van der Waals surface area contributed by atoms with Crippen LogP contribution in [0.1, 0.15) is 25.7 Å². The first-order valence-electron chi connectivity index (χ1n) is 7.09. The maximum absolute atomic E-state index is 6.29. The monoisotopic (exact) mass is 296 g/mol. The molecule has 2 fully saturated rings. The number of anilines is 1. The normalized spacial score (nSPS) is 28.6. The highest BCUT2D eigenvalue weighted by molar-refractivity contribution is 6.32. The van der Waals surface area contributed by atoms with Gasteiger partial charge < -0.3 is 20.1 Å². The number of nitrogens with zero attached hydrogens (tertiary/aromatic N) is 1. The lowest BCUT2D eigenvalue weighted by atomic mass is 9.97. The van der Waals surface area contributed by atoms with E-state index in [9.17, 15) is 0 Å². The molecule has 0 saturated carbocycles. The Kier molecular flexibility index (Phi) is 3.69. The summed E-state index contributed by atoms with van der Waals surface area (Å²) in [5.41, 5.74) is 7.21. The largest absolute Gasteiger partial charge is 0.495 e. The number of rotatable bonds is 3. The Morgan fingerprint density at radius 1 is 1.10 bits per heavy atom. The second kappa shape index (κ2) is 5.34. The number of hydrogen-bond donors (Lipinski definition) is 1. The molecule has 5 heteroatoms. The van der Waals surface area contributed by atoms with Crippen LogP contribution in [0.5, 0.6) is 11.5 Å². The summed E-state index contributed by atoms with van der Waals surface area (Å²) in [7, 11) is 3.30. The molecule has 1 aromatic carbocycles. The molecule has 2 heterocycles. The minimum atomic E-state index is 0.323. The first kappa shape index (κ1) is 13.8. The van der Waals surface area contributed by atoms with Crippen molar-refractivity contribution in [2.24, 2.45) is 5.73 Å². The highest BCUT2D eigenvalue weighted by Gasteiger charge is 2.40. The zero-order valence-electron chi connectivity index (χ0n) is 11.9. The summed E-state index contributed by atoms with van der Waals surface area (Å²) in [5, 5.41) is 0.623. The Bertz CT molecular complexity index is 495. The van der Waals surface area contributed by atoms with E-state index < -0.39 is 0 Å². The van der Waals surface area contributed by atoms with Crippen LogP contribution in [0.25, 0.3) is 0 Å². The van der Waals surface area contributed by atoms with E-state index >= 15 is 0 Å². The Morgan fingerprint density at radius 3 is 2.25 bits per heavy atom. The van der Waals surface area contributed by atoms with Crippen molar-refractivity contribution >= 4 is 17.3 Å². The molecule has 2 N–H and O–H groups in total. The van der Waals surface area contributed by atoms with E-state index in [1.54, 1.807) is 14.2 Å². The van der Waals surface area contributed by atoms with Crippen molar-refractivity contribution in [2.45, 2.75) is 43.8 Å². The summed E-state index contributed by atoms with van der Waals surface area (Å²) in [6.45, 7) is 0. The van der Waals surface area contributed by atoms with Crippen LogP contribution in [0.2, 0.25) is 5.02 Å². The molecule has 0 aromatic heterocycles. The van der Waals surface area contributed by atoms with E-state index in [2.05, 4.69) is 4.90 Å². The fraction of sp³-hybridized carbons (Fsp3) is 0.600. The molecule has 3 rings (SSSR count). The van der Waals surface area contributed by atoms with E-state index in [-0.39, 0.29) is 0 Å². The number of methoxy groups -OCH3 is 2. The Balaban J connectivity index is 2.00. The summed E-state index contributed by atoms with van der Waals surface area (Å²) < 4.78 is 10.8. The molecule has 1 aromatic rings. The molecule has 0 aliphatic carbocycles. The molecule has 110 valence electrons. The predicted octanol–water partition coefficient (Wildman–Crippen LogP) is 2.82. The van der Waals surface area contributed by atoms with E-state index in [1.165, 1.54) is 12.8 Å². The lowest BCUT2D eigenvalue weighted by molar-refractivity contribution is 0.382. The average molecular weight is 297 g/mol. The predicted molar refractivity (Wildman–Crippen MR) is 81.1 cm³/mol. The molecule has 2 atom stereocenters. The standard InChI is InChI=1S/C15H21ClN2O2/c1-19-14-8-15(20-2)13(7-12(14)16)18-10-3-4-11(18)6-9(17)5-10/h7-11H,3-6,17H2,1-2H3. The van der Waals surface area contributed by atoms with Crippen molar-refractivity contribution in [1.29, 1.82) is 0 Å². The average Bonchev–Trinajstić information content (AvgIpc) is 2.70. The molecule has 0 radical (unpaired) electrons. The molecule has 4 nitrogen and oxygen atoms in total. The van der Waals surface area contributed by atoms with Crippen molar-refractivity contribution in [3.05, 3.63) is 17.2 Å². The highest BCUT2D eigenvalue weighted by atomic mass is 35.5. The first-order valence-corrected chi connectivity index (χ1v) is 7.47. The van der Waals surface area contributed by atoms with Crippen LogP contribution in [-0.2, 0) is 0 Å². The number of piperidine rings is 1. The van der Waals surface area contributed by atoms with E-state index in [0.29, 0.717) is 28.9 Å². The topological polar surface area (TPSA) is 47.7 Å². The number of benzene rings is 1. The number of nitrogens with two attached hydrogens (primary N) is 1. The molecular weight excluding hydrogens is 276 g/mol. The van der Waals surface area contributed by atoms with Gasteiger partial charge in [0.2, 0.25) is 0 Å². The molecule has 2 unspecified atom stereocenters. The third kappa shape index (κ3) is 2.21. The van der Waals surface area contributed by atoms with Gasteiger partial charge in [-0.05, 0) is 31.7 Å². The summed E-state index contributed by atoms with van der Waals surface area (Å²) >= 11 is 6.29. The van der Waals surface area contributed by atoms with Gasteiger partial charge in [-0.15, -0.1) is 0 Å². The van der Waals surface area contributed by atoms with Gasteiger partial charge in [0.15, 0.2) is 0 Å². The SMILES string of the molecule is COc1cc(OC)c(N2C3CCC2CC(N)C3)cc1Cl. The molecule has 2 saturated heterocycles. The van der Waals surface area contributed by atoms with Gasteiger partial charge in [0, 0.05) is 24.2 Å². The van der Waals surface area contributed by atoms with Crippen molar-refractivity contribution in [1.82, 2.24) is 0 Å². The number of halogens is 1. The van der Waals surface area contributed by atoms with Crippen LogP contribution in [0.15, 0.2) is 12.1 Å². The van der Waals surface area contributed by atoms with Gasteiger partial charge in [0.1, 0.15) is 11.5 Å². The molecular formula is C15H21ClN2O2. The minimum Gasteiger partial charge on any atom is -0.495 e.